The largest absolute Gasteiger partial charge is 0.476 e. The summed E-state index contributed by atoms with van der Waals surface area (Å²) in [4.78, 5) is 12.1. The lowest BCUT2D eigenvalue weighted by Gasteiger charge is -1.86. The molecule has 0 amide bonds. The molecule has 0 rings (SSSR count). The molecule has 1 unspecified atom stereocenters. The summed E-state index contributed by atoms with van der Waals surface area (Å²) in [6.07, 6.45) is 0. The van der Waals surface area contributed by atoms with Crippen LogP contribution in [0.3, 0.4) is 0 Å². The van der Waals surface area contributed by atoms with Crippen molar-refractivity contribution >= 4 is 12.7 Å². The molecule has 0 aliphatic heterocycles. The Labute approximate surface area is 41.7 Å². The zero-order valence-corrected chi connectivity index (χ0v) is 4.14. The summed E-state index contributed by atoms with van der Waals surface area (Å²) in [5, 5.41) is 8.08. The molecule has 0 saturated heterocycles. The Kier molecular flexibility index (Phi) is 2.05. The van der Waals surface area contributed by atoms with Gasteiger partial charge in [-0.2, -0.15) is 0 Å². The normalized spacial score (nSPS) is 12.7. The number of rotatable bonds is 2. The van der Waals surface area contributed by atoms with Gasteiger partial charge >= 0.3 is 5.97 Å². The van der Waals surface area contributed by atoms with Crippen LogP contribution in [0, 0.1) is 0 Å². The lowest BCUT2D eigenvalue weighted by Crippen LogP contribution is -2.75. The number of carbonyl (C=O) groups is 1. The van der Waals surface area contributed by atoms with Crippen LogP contribution in [0.5, 0.6) is 0 Å². The maximum atomic E-state index is 9.83. The van der Waals surface area contributed by atoms with Crippen molar-refractivity contribution in [2.45, 2.75) is 13.0 Å². The zero-order chi connectivity index (χ0) is 5.86. The second-order valence-electron chi connectivity index (χ2n) is 1.26. The molecule has 3 heteroatoms. The average molecular weight is 102 g/mol. The first-order chi connectivity index (χ1) is 3.18. The van der Waals surface area contributed by atoms with Gasteiger partial charge in [0.05, 0.1) is 0 Å². The van der Waals surface area contributed by atoms with E-state index in [0.29, 0.717) is 0 Å². The van der Waals surface area contributed by atoms with Gasteiger partial charge in [0.2, 0.25) is 6.04 Å². The van der Waals surface area contributed by atoms with Gasteiger partial charge in [0.25, 0.3) is 0 Å². The van der Waals surface area contributed by atoms with Crippen LogP contribution < -0.4 is 4.99 Å². The van der Waals surface area contributed by atoms with Crippen molar-refractivity contribution < 1.29 is 14.9 Å². The monoisotopic (exact) mass is 102 g/mol. The van der Waals surface area contributed by atoms with Gasteiger partial charge in [-0.25, -0.2) is 9.79 Å². The summed E-state index contributed by atoms with van der Waals surface area (Å²) < 4.78 is 0. The highest BCUT2D eigenvalue weighted by Crippen LogP contribution is 1.65. The summed E-state index contributed by atoms with van der Waals surface area (Å²) in [6, 6.07) is -0.542. The van der Waals surface area contributed by atoms with Gasteiger partial charge in [-0.15, -0.1) is 0 Å². The summed E-state index contributed by atoms with van der Waals surface area (Å²) in [5.41, 5.74) is 0. The lowest BCUT2D eigenvalue weighted by molar-refractivity contribution is -0.476. The minimum Gasteiger partial charge on any atom is -0.476 e. The SMILES string of the molecule is C=[NH+]C(C)C(=O)O. The fraction of sp³-hybridized carbons (Fsp3) is 0.500. The average Bonchev–Trinajstić information content (AvgIpc) is 1.65. The van der Waals surface area contributed by atoms with Crippen molar-refractivity contribution in [1.29, 1.82) is 0 Å². The molecule has 0 bridgehead atoms. The van der Waals surface area contributed by atoms with E-state index < -0.39 is 12.0 Å². The van der Waals surface area contributed by atoms with Gasteiger partial charge in [0.1, 0.15) is 6.72 Å². The highest BCUT2D eigenvalue weighted by atomic mass is 16.4. The second kappa shape index (κ2) is 2.34. The van der Waals surface area contributed by atoms with Crippen LogP contribution in [-0.2, 0) is 4.79 Å². The Morgan fingerprint density at radius 3 is 2.43 bits per heavy atom. The van der Waals surface area contributed by atoms with Crippen molar-refractivity contribution in [1.82, 2.24) is 0 Å². The molecule has 0 aromatic carbocycles. The molecule has 40 valence electrons. The molecule has 0 aliphatic carbocycles. The Morgan fingerprint density at radius 2 is 2.43 bits per heavy atom. The van der Waals surface area contributed by atoms with Crippen molar-refractivity contribution in [2.24, 2.45) is 0 Å². The third kappa shape index (κ3) is 1.92. The standard InChI is InChI=1S/C4H7NO2/c1-3(5-2)4(6)7/h3H,2H2,1H3,(H,6,7)/p+1. The van der Waals surface area contributed by atoms with Crippen LogP contribution in [0.1, 0.15) is 6.92 Å². The molecule has 0 radical (unpaired) electrons. The molecule has 0 saturated carbocycles. The Morgan fingerprint density at radius 1 is 2.00 bits per heavy atom. The maximum Gasteiger partial charge on any atom is 0.372 e. The van der Waals surface area contributed by atoms with Crippen LogP contribution in [0.25, 0.3) is 0 Å². The predicted molar refractivity (Wildman–Crippen MR) is 25.2 cm³/mol. The highest BCUT2D eigenvalue weighted by molar-refractivity contribution is 5.71. The summed E-state index contributed by atoms with van der Waals surface area (Å²) in [7, 11) is 0. The molecular formula is C4H8NO2+. The van der Waals surface area contributed by atoms with Gasteiger partial charge in [-0.1, -0.05) is 0 Å². The Balaban J connectivity index is 3.55. The maximum absolute atomic E-state index is 9.83. The highest BCUT2D eigenvalue weighted by Gasteiger charge is 2.10. The first kappa shape index (κ1) is 6.14. The van der Waals surface area contributed by atoms with Gasteiger partial charge in [0, 0.05) is 6.92 Å². The molecule has 0 aromatic rings. The molecule has 1 atom stereocenters. The van der Waals surface area contributed by atoms with E-state index in [2.05, 4.69) is 11.7 Å². The van der Waals surface area contributed by atoms with Crippen molar-refractivity contribution in [2.75, 3.05) is 0 Å². The van der Waals surface area contributed by atoms with Crippen LogP contribution in [0.4, 0.5) is 0 Å². The molecule has 7 heavy (non-hydrogen) atoms. The fourth-order valence-electron chi connectivity index (χ4n) is 0.0873. The minimum atomic E-state index is -0.880. The van der Waals surface area contributed by atoms with Gasteiger partial charge in [0.15, 0.2) is 0 Å². The first-order valence-corrected chi connectivity index (χ1v) is 1.94. The van der Waals surface area contributed by atoms with Gasteiger partial charge in [-0.05, 0) is 0 Å². The predicted octanol–water partition coefficient (Wildman–Crippen LogP) is -1.76. The van der Waals surface area contributed by atoms with Crippen molar-refractivity contribution in [3.63, 3.8) is 0 Å². The molecule has 0 heterocycles. The lowest BCUT2D eigenvalue weighted by atomic mass is 10.4. The van der Waals surface area contributed by atoms with E-state index in [1.54, 1.807) is 0 Å². The number of aliphatic carboxylic acids is 1. The number of hydrogen-bond acceptors (Lipinski definition) is 1. The fourth-order valence-corrected chi connectivity index (χ4v) is 0.0873. The van der Waals surface area contributed by atoms with E-state index in [-0.39, 0.29) is 0 Å². The van der Waals surface area contributed by atoms with E-state index in [1.165, 1.54) is 6.92 Å². The third-order valence-electron chi connectivity index (χ3n) is 0.677. The van der Waals surface area contributed by atoms with Crippen LogP contribution in [-0.4, -0.2) is 23.8 Å². The number of carboxylic acid groups (broad SMARTS) is 1. The van der Waals surface area contributed by atoms with E-state index in [1.807, 2.05) is 0 Å². The van der Waals surface area contributed by atoms with E-state index in [0.717, 1.165) is 0 Å². The molecule has 3 nitrogen and oxygen atoms in total. The van der Waals surface area contributed by atoms with Gasteiger partial charge < -0.3 is 5.11 Å². The molecule has 0 aromatic heterocycles. The van der Waals surface area contributed by atoms with E-state index in [9.17, 15) is 4.79 Å². The second-order valence-corrected chi connectivity index (χ2v) is 1.26. The Hall–Kier alpha value is -0.860. The van der Waals surface area contributed by atoms with Crippen LogP contribution in [0.2, 0.25) is 0 Å². The Bertz CT molecular complexity index is 89.7. The van der Waals surface area contributed by atoms with Crippen molar-refractivity contribution in [3.05, 3.63) is 0 Å². The van der Waals surface area contributed by atoms with Gasteiger partial charge in [-0.3, -0.25) is 0 Å². The van der Waals surface area contributed by atoms with Crippen LogP contribution in [0.15, 0.2) is 0 Å². The smallest absolute Gasteiger partial charge is 0.372 e. The third-order valence-corrected chi connectivity index (χ3v) is 0.677. The molecule has 0 spiro atoms. The summed E-state index contributed by atoms with van der Waals surface area (Å²) >= 11 is 0. The van der Waals surface area contributed by atoms with E-state index >= 15 is 0 Å². The van der Waals surface area contributed by atoms with Crippen LogP contribution >= 0.6 is 0 Å². The topological polar surface area (TPSA) is 51.3 Å². The molecule has 2 N–H and O–H groups in total. The quantitative estimate of drug-likeness (QED) is 0.406. The first-order valence-electron chi connectivity index (χ1n) is 1.94. The van der Waals surface area contributed by atoms with Crippen molar-refractivity contribution in [3.8, 4) is 0 Å². The molecular weight excluding hydrogens is 94.0 g/mol. The minimum absolute atomic E-state index is 0.542. The summed E-state index contributed by atoms with van der Waals surface area (Å²) in [5.74, 6) is -0.880. The molecule has 0 fully saturated rings. The molecule has 0 aliphatic rings. The number of hydrogen-bond donors (Lipinski definition) is 2. The zero-order valence-electron chi connectivity index (χ0n) is 4.14. The number of nitrogens with one attached hydrogen (secondary N) is 1. The van der Waals surface area contributed by atoms with E-state index in [4.69, 9.17) is 5.11 Å². The number of carboxylic acids is 1. The summed E-state index contributed by atoms with van der Waals surface area (Å²) in [6.45, 7) is 4.70.